The summed E-state index contributed by atoms with van der Waals surface area (Å²) >= 11 is 0. The van der Waals surface area contributed by atoms with Gasteiger partial charge in [0, 0.05) is 25.2 Å². The first-order chi connectivity index (χ1) is 9.78. The number of benzene rings is 1. The Bertz CT molecular complexity index is 523. The van der Waals surface area contributed by atoms with Crippen LogP contribution in [0.2, 0.25) is 0 Å². The first-order valence-electron chi connectivity index (χ1n) is 7.28. The molecule has 0 aliphatic carbocycles. The number of hydrogen-bond donors (Lipinski definition) is 2. The van der Waals surface area contributed by atoms with E-state index >= 15 is 0 Å². The molecular weight excluding hydrogens is 268 g/mol. The van der Waals surface area contributed by atoms with Gasteiger partial charge in [0.25, 0.3) is 0 Å². The van der Waals surface area contributed by atoms with E-state index in [9.17, 15) is 9.90 Å². The second kappa shape index (κ2) is 5.93. The Morgan fingerprint density at radius 2 is 2.14 bits per heavy atom. The van der Waals surface area contributed by atoms with Crippen LogP contribution in [0.1, 0.15) is 37.9 Å². The third-order valence-electron chi connectivity index (χ3n) is 3.41. The van der Waals surface area contributed by atoms with Gasteiger partial charge in [-0.3, -0.25) is 4.90 Å². The fourth-order valence-electron chi connectivity index (χ4n) is 2.46. The second-order valence-corrected chi connectivity index (χ2v) is 6.46. The van der Waals surface area contributed by atoms with Gasteiger partial charge in [0.2, 0.25) is 0 Å². The molecule has 2 N–H and O–H groups in total. The van der Waals surface area contributed by atoms with Crippen molar-refractivity contribution in [2.75, 3.05) is 19.6 Å². The topological polar surface area (TPSA) is 61.8 Å². The molecule has 5 heteroatoms. The number of nitrogens with zero attached hydrogens (tertiary/aromatic N) is 1. The number of phenols is 1. The molecule has 1 aliphatic heterocycles. The van der Waals surface area contributed by atoms with Gasteiger partial charge in [-0.1, -0.05) is 17.7 Å². The molecule has 0 bridgehead atoms. The fourth-order valence-corrected chi connectivity index (χ4v) is 2.46. The zero-order valence-electron chi connectivity index (χ0n) is 13.1. The zero-order valence-corrected chi connectivity index (χ0v) is 13.1. The van der Waals surface area contributed by atoms with E-state index in [0.717, 1.165) is 17.7 Å². The molecule has 0 radical (unpaired) electrons. The molecule has 116 valence electrons. The summed E-state index contributed by atoms with van der Waals surface area (Å²) < 4.78 is 5.48. The number of hydrogen-bond acceptors (Lipinski definition) is 4. The number of ether oxygens (including phenoxy) is 1. The van der Waals surface area contributed by atoms with Crippen LogP contribution in [0.4, 0.5) is 4.79 Å². The molecule has 1 unspecified atom stereocenters. The van der Waals surface area contributed by atoms with Crippen LogP contribution in [0, 0.1) is 6.92 Å². The highest BCUT2D eigenvalue weighted by Gasteiger charge is 2.32. The van der Waals surface area contributed by atoms with Crippen LogP contribution in [0.5, 0.6) is 5.75 Å². The van der Waals surface area contributed by atoms with E-state index < -0.39 is 5.60 Å². The van der Waals surface area contributed by atoms with Gasteiger partial charge in [0.1, 0.15) is 11.4 Å². The second-order valence-electron chi connectivity index (χ2n) is 6.46. The maximum atomic E-state index is 12.4. The largest absolute Gasteiger partial charge is 0.508 e. The average Bonchev–Trinajstić information content (AvgIpc) is 2.39. The fraction of sp³-hybridized carbons (Fsp3) is 0.562. The number of aromatic hydroxyl groups is 1. The van der Waals surface area contributed by atoms with Crippen LogP contribution in [-0.2, 0) is 4.74 Å². The molecule has 21 heavy (non-hydrogen) atoms. The lowest BCUT2D eigenvalue weighted by atomic mass is 10.0. The molecule has 1 fully saturated rings. The summed E-state index contributed by atoms with van der Waals surface area (Å²) in [5.41, 5.74) is 1.28. The van der Waals surface area contributed by atoms with Gasteiger partial charge in [-0.05, 0) is 33.8 Å². The molecule has 1 amide bonds. The lowest BCUT2D eigenvalue weighted by Crippen LogP contribution is -2.50. The van der Waals surface area contributed by atoms with E-state index in [1.54, 1.807) is 11.0 Å². The Balaban J connectivity index is 2.27. The highest BCUT2D eigenvalue weighted by Crippen LogP contribution is 2.31. The Morgan fingerprint density at radius 3 is 2.81 bits per heavy atom. The van der Waals surface area contributed by atoms with E-state index in [-0.39, 0.29) is 17.9 Å². The van der Waals surface area contributed by atoms with E-state index in [2.05, 4.69) is 5.32 Å². The quantitative estimate of drug-likeness (QED) is 0.835. The SMILES string of the molecule is Cc1ccc(O)c(C2CNCCN2C(=O)OC(C)(C)C)c1. The highest BCUT2D eigenvalue weighted by atomic mass is 16.6. The number of rotatable bonds is 1. The van der Waals surface area contributed by atoms with Crippen molar-refractivity contribution in [3.05, 3.63) is 29.3 Å². The van der Waals surface area contributed by atoms with Crippen molar-refractivity contribution < 1.29 is 14.6 Å². The summed E-state index contributed by atoms with van der Waals surface area (Å²) in [6.07, 6.45) is -0.338. The first kappa shape index (κ1) is 15.6. The van der Waals surface area contributed by atoms with Crippen LogP contribution in [0.25, 0.3) is 0 Å². The van der Waals surface area contributed by atoms with E-state index in [1.807, 2.05) is 39.8 Å². The Morgan fingerprint density at radius 1 is 1.43 bits per heavy atom. The smallest absolute Gasteiger partial charge is 0.410 e. The molecule has 5 nitrogen and oxygen atoms in total. The molecule has 1 heterocycles. The predicted octanol–water partition coefficient (Wildman–Crippen LogP) is 2.58. The maximum absolute atomic E-state index is 12.4. The van der Waals surface area contributed by atoms with Gasteiger partial charge in [-0.2, -0.15) is 0 Å². The molecule has 2 rings (SSSR count). The molecule has 1 aromatic rings. The van der Waals surface area contributed by atoms with Gasteiger partial charge in [0.05, 0.1) is 6.04 Å². The monoisotopic (exact) mass is 292 g/mol. The minimum absolute atomic E-state index is 0.211. The number of nitrogens with one attached hydrogen (secondary N) is 1. The summed E-state index contributed by atoms with van der Waals surface area (Å²) in [4.78, 5) is 14.1. The minimum Gasteiger partial charge on any atom is -0.508 e. The number of amides is 1. The third-order valence-corrected chi connectivity index (χ3v) is 3.41. The van der Waals surface area contributed by atoms with Gasteiger partial charge < -0.3 is 15.2 Å². The molecule has 1 aliphatic rings. The molecule has 0 saturated carbocycles. The summed E-state index contributed by atoms with van der Waals surface area (Å²) in [6, 6.07) is 5.23. The van der Waals surface area contributed by atoms with Crippen LogP contribution in [0.15, 0.2) is 18.2 Å². The van der Waals surface area contributed by atoms with Crippen molar-refractivity contribution in [2.24, 2.45) is 0 Å². The Labute approximate surface area is 125 Å². The van der Waals surface area contributed by atoms with Gasteiger partial charge >= 0.3 is 6.09 Å². The van der Waals surface area contributed by atoms with Gasteiger partial charge in [-0.15, -0.1) is 0 Å². The maximum Gasteiger partial charge on any atom is 0.410 e. The lowest BCUT2D eigenvalue weighted by Gasteiger charge is -2.37. The van der Waals surface area contributed by atoms with E-state index in [0.29, 0.717) is 13.1 Å². The number of carbonyl (C=O) groups is 1. The standard InChI is InChI=1S/C16H24N2O3/c1-11-5-6-14(19)12(9-11)13-10-17-7-8-18(13)15(20)21-16(2,3)4/h5-6,9,13,17,19H,7-8,10H2,1-4H3. The zero-order chi connectivity index (χ0) is 15.6. The Hall–Kier alpha value is -1.75. The van der Waals surface area contributed by atoms with Gasteiger partial charge in [-0.25, -0.2) is 4.79 Å². The number of carbonyl (C=O) groups excluding carboxylic acids is 1. The number of aryl methyl sites for hydroxylation is 1. The molecule has 1 aromatic carbocycles. The molecule has 0 aromatic heterocycles. The average molecular weight is 292 g/mol. The molecular formula is C16H24N2O3. The predicted molar refractivity (Wildman–Crippen MR) is 81.4 cm³/mol. The van der Waals surface area contributed by atoms with Gasteiger partial charge in [0.15, 0.2) is 0 Å². The molecule has 1 saturated heterocycles. The summed E-state index contributed by atoms with van der Waals surface area (Å²) in [7, 11) is 0. The van der Waals surface area contributed by atoms with E-state index in [1.165, 1.54) is 0 Å². The van der Waals surface area contributed by atoms with Crippen molar-refractivity contribution in [3.8, 4) is 5.75 Å². The van der Waals surface area contributed by atoms with Crippen LogP contribution >= 0.6 is 0 Å². The molecule has 1 atom stereocenters. The number of phenolic OH excluding ortho intramolecular Hbond substituents is 1. The highest BCUT2D eigenvalue weighted by molar-refractivity contribution is 5.69. The summed E-state index contributed by atoms with van der Waals surface area (Å²) in [6.45, 7) is 9.42. The van der Waals surface area contributed by atoms with Crippen molar-refractivity contribution in [1.82, 2.24) is 10.2 Å². The molecule has 0 spiro atoms. The number of piperazine rings is 1. The first-order valence-corrected chi connectivity index (χ1v) is 7.28. The van der Waals surface area contributed by atoms with E-state index in [4.69, 9.17) is 4.74 Å². The van der Waals surface area contributed by atoms with Crippen LogP contribution in [0.3, 0.4) is 0 Å². The van der Waals surface area contributed by atoms with Crippen LogP contribution < -0.4 is 5.32 Å². The minimum atomic E-state index is -0.527. The normalized spacial score (nSPS) is 19.4. The third kappa shape index (κ3) is 3.88. The Kier molecular flexibility index (Phi) is 4.42. The van der Waals surface area contributed by atoms with Crippen molar-refractivity contribution in [2.45, 2.75) is 39.3 Å². The summed E-state index contributed by atoms with van der Waals surface area (Å²) in [5, 5.41) is 13.4. The van der Waals surface area contributed by atoms with Crippen LogP contribution in [-0.4, -0.2) is 41.3 Å². The summed E-state index contributed by atoms with van der Waals surface area (Å²) in [5.74, 6) is 0.211. The van der Waals surface area contributed by atoms with Crippen molar-refractivity contribution in [3.63, 3.8) is 0 Å². The van der Waals surface area contributed by atoms with Crippen molar-refractivity contribution >= 4 is 6.09 Å². The van der Waals surface area contributed by atoms with Crippen molar-refractivity contribution in [1.29, 1.82) is 0 Å². The lowest BCUT2D eigenvalue weighted by molar-refractivity contribution is 0.0116.